The van der Waals surface area contributed by atoms with Crippen LogP contribution < -0.4 is 5.73 Å². The summed E-state index contributed by atoms with van der Waals surface area (Å²) in [6.07, 6.45) is 4.20. The van der Waals surface area contributed by atoms with Crippen LogP contribution >= 0.6 is 0 Å². The third kappa shape index (κ3) is 5.42. The summed E-state index contributed by atoms with van der Waals surface area (Å²) in [5, 5.41) is 9.85. The van der Waals surface area contributed by atoms with Crippen LogP contribution in [0.2, 0.25) is 0 Å². The number of amides is 1. The van der Waals surface area contributed by atoms with Crippen molar-refractivity contribution in [2.45, 2.75) is 38.2 Å². The number of aliphatic hydroxyl groups excluding tert-OH is 1. The number of rotatable bonds is 8. The van der Waals surface area contributed by atoms with Crippen LogP contribution in [0.5, 0.6) is 0 Å². The second-order valence-corrected chi connectivity index (χ2v) is 7.80. The van der Waals surface area contributed by atoms with E-state index in [1.165, 1.54) is 5.56 Å². The van der Waals surface area contributed by atoms with Gasteiger partial charge in [-0.1, -0.05) is 37.3 Å². The number of likely N-dealkylation sites (tertiary alicyclic amines) is 1. The summed E-state index contributed by atoms with van der Waals surface area (Å²) in [7, 11) is 0. The molecule has 6 heteroatoms. The lowest BCUT2D eigenvalue weighted by atomic mass is 9.98. The van der Waals surface area contributed by atoms with E-state index in [-0.39, 0.29) is 12.0 Å². The van der Waals surface area contributed by atoms with Crippen molar-refractivity contribution in [3.8, 4) is 0 Å². The highest BCUT2D eigenvalue weighted by Crippen LogP contribution is 2.21. The van der Waals surface area contributed by atoms with Crippen molar-refractivity contribution < 1.29 is 9.90 Å². The predicted octanol–water partition coefficient (Wildman–Crippen LogP) is 1.76. The normalized spacial score (nSPS) is 23.1. The van der Waals surface area contributed by atoms with Crippen LogP contribution in [0.4, 0.5) is 0 Å². The molecule has 1 aromatic carbocycles. The molecule has 1 fully saturated rings. The van der Waals surface area contributed by atoms with Gasteiger partial charge >= 0.3 is 0 Å². The van der Waals surface area contributed by atoms with Crippen LogP contribution in [-0.4, -0.2) is 71.9 Å². The molecular formula is C22H32N4O2. The summed E-state index contributed by atoms with van der Waals surface area (Å²) >= 11 is 0. The molecule has 0 bridgehead atoms. The average molecular weight is 385 g/mol. The third-order valence-corrected chi connectivity index (χ3v) is 5.52. The van der Waals surface area contributed by atoms with Crippen molar-refractivity contribution in [3.05, 3.63) is 47.7 Å². The second-order valence-electron chi connectivity index (χ2n) is 7.80. The maximum absolute atomic E-state index is 11.7. The minimum atomic E-state index is -0.359. The summed E-state index contributed by atoms with van der Waals surface area (Å²) in [5.41, 5.74) is 8.51. The van der Waals surface area contributed by atoms with Gasteiger partial charge in [-0.15, -0.1) is 0 Å². The molecular weight excluding hydrogens is 352 g/mol. The molecule has 2 aliphatic rings. The second kappa shape index (κ2) is 9.85. The Morgan fingerprint density at radius 2 is 2.14 bits per heavy atom. The molecule has 152 valence electrons. The minimum absolute atomic E-state index is 0.207. The van der Waals surface area contributed by atoms with Crippen molar-refractivity contribution in [2.24, 2.45) is 10.7 Å². The van der Waals surface area contributed by atoms with Crippen LogP contribution in [0, 0.1) is 0 Å². The Hall–Kier alpha value is -2.18. The third-order valence-electron chi connectivity index (χ3n) is 5.52. The highest BCUT2D eigenvalue weighted by molar-refractivity contribution is 5.97. The lowest BCUT2D eigenvalue weighted by Crippen LogP contribution is -2.39. The number of nitrogens with zero attached hydrogens (tertiary/aromatic N) is 3. The van der Waals surface area contributed by atoms with Crippen LogP contribution in [-0.2, 0) is 4.79 Å². The van der Waals surface area contributed by atoms with Gasteiger partial charge in [0.05, 0.1) is 18.3 Å². The van der Waals surface area contributed by atoms with E-state index < -0.39 is 0 Å². The highest BCUT2D eigenvalue weighted by Gasteiger charge is 2.25. The lowest BCUT2D eigenvalue weighted by Gasteiger charge is -2.30. The Morgan fingerprint density at radius 1 is 1.36 bits per heavy atom. The van der Waals surface area contributed by atoms with E-state index in [2.05, 4.69) is 36.1 Å². The number of carbonyl (C=O) groups excluding carboxylic acids is 1. The summed E-state index contributed by atoms with van der Waals surface area (Å²) < 4.78 is 0. The van der Waals surface area contributed by atoms with Gasteiger partial charge in [0.1, 0.15) is 0 Å². The van der Waals surface area contributed by atoms with Gasteiger partial charge in [0, 0.05) is 50.8 Å². The molecule has 3 N–H and O–H groups in total. The molecule has 1 aromatic rings. The molecule has 0 spiro atoms. The highest BCUT2D eigenvalue weighted by atomic mass is 16.3. The van der Waals surface area contributed by atoms with Gasteiger partial charge in [-0.05, 0) is 24.5 Å². The topological polar surface area (TPSA) is 82.2 Å². The van der Waals surface area contributed by atoms with E-state index in [0.717, 1.165) is 44.7 Å². The number of primary amides is 1. The fourth-order valence-electron chi connectivity index (χ4n) is 4.08. The van der Waals surface area contributed by atoms with Crippen molar-refractivity contribution in [2.75, 3.05) is 39.3 Å². The zero-order chi connectivity index (χ0) is 19.9. The van der Waals surface area contributed by atoms with E-state index in [1.54, 1.807) is 0 Å². The van der Waals surface area contributed by atoms with Crippen LogP contribution in [0.1, 0.15) is 37.7 Å². The predicted molar refractivity (Wildman–Crippen MR) is 112 cm³/mol. The zero-order valence-electron chi connectivity index (χ0n) is 16.8. The Morgan fingerprint density at radius 3 is 2.79 bits per heavy atom. The maximum Gasteiger partial charge on any atom is 0.264 e. The standard InChI is InChI=1S/C22H32N4O2/c1-2-11-26-15-19(8-9-21(26)22(23)28)24-13-18(17-6-4-3-5-7-17)14-25-12-10-20(27)16-25/h3-7,9,18,20,27H,2,8,10-16H2,1H3,(H2,23,28)/t18-,20-/m0/s1. The number of allylic oxidation sites excluding steroid dienone is 1. The van der Waals surface area contributed by atoms with Crippen molar-refractivity contribution in [1.82, 2.24) is 9.80 Å². The number of hydrogen-bond donors (Lipinski definition) is 2. The molecule has 0 aliphatic carbocycles. The molecule has 2 aliphatic heterocycles. The van der Waals surface area contributed by atoms with Gasteiger partial charge in [-0.3, -0.25) is 14.7 Å². The number of carbonyl (C=O) groups is 1. The molecule has 2 heterocycles. The van der Waals surface area contributed by atoms with Crippen LogP contribution in [0.15, 0.2) is 47.1 Å². The Balaban J connectivity index is 1.71. The first-order valence-corrected chi connectivity index (χ1v) is 10.3. The van der Waals surface area contributed by atoms with Crippen molar-refractivity contribution in [1.29, 1.82) is 0 Å². The SMILES string of the molecule is CCCN1CC(=NC[C@@H](CN2CC[C@H](O)C2)c2ccccc2)CC=C1C(N)=O. The molecule has 3 rings (SSSR count). The van der Waals surface area contributed by atoms with E-state index in [4.69, 9.17) is 10.7 Å². The molecule has 2 atom stereocenters. The van der Waals surface area contributed by atoms with E-state index in [9.17, 15) is 9.90 Å². The first kappa shape index (κ1) is 20.6. The van der Waals surface area contributed by atoms with Gasteiger partial charge in [0.25, 0.3) is 5.91 Å². The van der Waals surface area contributed by atoms with Crippen molar-refractivity contribution >= 4 is 11.6 Å². The minimum Gasteiger partial charge on any atom is -0.392 e. The summed E-state index contributed by atoms with van der Waals surface area (Å²) in [6, 6.07) is 10.5. The molecule has 6 nitrogen and oxygen atoms in total. The summed E-state index contributed by atoms with van der Waals surface area (Å²) in [5.74, 6) is -0.0672. The number of aliphatic hydroxyl groups is 1. The number of β-amino-alcohol motifs (C(OH)–C–C–N with tert-alkyl or cyclic N) is 1. The monoisotopic (exact) mass is 384 g/mol. The number of nitrogens with two attached hydrogens (primary N) is 1. The van der Waals surface area contributed by atoms with Gasteiger partial charge in [-0.2, -0.15) is 0 Å². The molecule has 0 aromatic heterocycles. The molecule has 1 amide bonds. The van der Waals surface area contributed by atoms with E-state index in [1.807, 2.05) is 17.0 Å². The first-order valence-electron chi connectivity index (χ1n) is 10.3. The van der Waals surface area contributed by atoms with Gasteiger partial charge < -0.3 is 15.7 Å². The van der Waals surface area contributed by atoms with Gasteiger partial charge in [0.2, 0.25) is 0 Å². The van der Waals surface area contributed by atoms with E-state index in [0.29, 0.717) is 31.1 Å². The summed E-state index contributed by atoms with van der Waals surface area (Å²) in [4.78, 5) is 21.0. The zero-order valence-corrected chi connectivity index (χ0v) is 16.8. The molecule has 28 heavy (non-hydrogen) atoms. The van der Waals surface area contributed by atoms with Gasteiger partial charge in [-0.25, -0.2) is 0 Å². The lowest BCUT2D eigenvalue weighted by molar-refractivity contribution is -0.116. The molecule has 1 saturated heterocycles. The summed E-state index contributed by atoms with van der Waals surface area (Å²) in [6.45, 7) is 6.88. The number of aliphatic imine (C=N–C) groups is 1. The largest absolute Gasteiger partial charge is 0.392 e. The smallest absolute Gasteiger partial charge is 0.264 e. The molecule has 0 saturated carbocycles. The maximum atomic E-state index is 11.7. The Bertz CT molecular complexity index is 717. The molecule has 0 radical (unpaired) electrons. The van der Waals surface area contributed by atoms with Crippen LogP contribution in [0.3, 0.4) is 0 Å². The molecule has 0 unspecified atom stereocenters. The van der Waals surface area contributed by atoms with Crippen molar-refractivity contribution in [3.63, 3.8) is 0 Å². The fourth-order valence-corrected chi connectivity index (χ4v) is 4.08. The Labute approximate surface area is 167 Å². The number of hydrogen-bond acceptors (Lipinski definition) is 5. The Kier molecular flexibility index (Phi) is 7.23. The number of benzene rings is 1. The van der Waals surface area contributed by atoms with E-state index >= 15 is 0 Å². The van der Waals surface area contributed by atoms with Gasteiger partial charge in [0.15, 0.2) is 0 Å². The quantitative estimate of drug-likeness (QED) is 0.716. The first-order chi connectivity index (χ1) is 13.6. The fraction of sp³-hybridized carbons (Fsp3) is 0.545. The van der Waals surface area contributed by atoms with Crippen LogP contribution in [0.25, 0.3) is 0 Å². The average Bonchev–Trinajstić information content (AvgIpc) is 3.11.